The van der Waals surface area contributed by atoms with E-state index in [-0.39, 0.29) is 18.0 Å². The van der Waals surface area contributed by atoms with Gasteiger partial charge in [-0.25, -0.2) is 0 Å². The molecule has 2 atom stereocenters. The Morgan fingerprint density at radius 1 is 1.44 bits per heavy atom. The average Bonchev–Trinajstić information content (AvgIpc) is 2.25. The van der Waals surface area contributed by atoms with Gasteiger partial charge in [0.15, 0.2) is 0 Å². The Morgan fingerprint density at radius 2 is 2.11 bits per heavy atom. The summed E-state index contributed by atoms with van der Waals surface area (Å²) in [6.07, 6.45) is 5.85. The van der Waals surface area contributed by atoms with Crippen LogP contribution < -0.4 is 11.1 Å². The van der Waals surface area contributed by atoms with Crippen LogP contribution in [0.25, 0.3) is 0 Å². The fourth-order valence-electron chi connectivity index (χ4n) is 2.58. The van der Waals surface area contributed by atoms with Gasteiger partial charge in [-0.1, -0.05) is 19.8 Å². The molecule has 1 saturated carbocycles. The van der Waals surface area contributed by atoms with Crippen LogP contribution in [0.2, 0.25) is 0 Å². The summed E-state index contributed by atoms with van der Waals surface area (Å²) in [7, 11) is 0. The molecular weight excluding hydrogens is 226 g/mol. The van der Waals surface area contributed by atoms with E-state index < -0.39 is 0 Å². The lowest BCUT2D eigenvalue weighted by atomic mass is 9.90. The van der Waals surface area contributed by atoms with Crippen LogP contribution >= 0.6 is 0 Å². The SMILES string of the molecule is CCCC(C)NC(=O)C(C)N(CCN)C1CCC1. The van der Waals surface area contributed by atoms with Crippen molar-refractivity contribution in [2.75, 3.05) is 13.1 Å². The first-order chi connectivity index (χ1) is 8.60. The van der Waals surface area contributed by atoms with E-state index in [1.54, 1.807) is 0 Å². The minimum atomic E-state index is -0.0573. The normalized spacial score (nSPS) is 19.4. The van der Waals surface area contributed by atoms with Crippen LogP contribution in [0.3, 0.4) is 0 Å². The molecule has 1 fully saturated rings. The zero-order valence-electron chi connectivity index (χ0n) is 12.1. The Kier molecular flexibility index (Phi) is 6.65. The Balaban J connectivity index is 2.47. The van der Waals surface area contributed by atoms with Crippen molar-refractivity contribution in [3.8, 4) is 0 Å². The zero-order chi connectivity index (χ0) is 13.5. The van der Waals surface area contributed by atoms with E-state index >= 15 is 0 Å². The highest BCUT2D eigenvalue weighted by Gasteiger charge is 2.31. The van der Waals surface area contributed by atoms with Gasteiger partial charge in [-0.05, 0) is 33.1 Å². The smallest absolute Gasteiger partial charge is 0.237 e. The lowest BCUT2D eigenvalue weighted by Gasteiger charge is -2.40. The number of nitrogens with zero attached hydrogens (tertiary/aromatic N) is 1. The van der Waals surface area contributed by atoms with Gasteiger partial charge in [0.05, 0.1) is 6.04 Å². The second-order valence-electron chi connectivity index (χ2n) is 5.49. The van der Waals surface area contributed by atoms with Crippen LogP contribution in [0.1, 0.15) is 52.9 Å². The molecule has 1 aliphatic rings. The molecule has 18 heavy (non-hydrogen) atoms. The summed E-state index contributed by atoms with van der Waals surface area (Å²) in [6, 6.07) is 0.778. The van der Waals surface area contributed by atoms with E-state index in [1.807, 2.05) is 6.92 Å². The highest BCUT2D eigenvalue weighted by Crippen LogP contribution is 2.26. The van der Waals surface area contributed by atoms with Gasteiger partial charge in [0, 0.05) is 25.2 Å². The van der Waals surface area contributed by atoms with Gasteiger partial charge in [-0.15, -0.1) is 0 Å². The number of hydrogen-bond acceptors (Lipinski definition) is 3. The molecule has 0 radical (unpaired) electrons. The van der Waals surface area contributed by atoms with Gasteiger partial charge in [0.2, 0.25) is 5.91 Å². The second kappa shape index (κ2) is 7.74. The van der Waals surface area contributed by atoms with E-state index in [2.05, 4.69) is 24.1 Å². The van der Waals surface area contributed by atoms with Gasteiger partial charge in [0.25, 0.3) is 0 Å². The summed E-state index contributed by atoms with van der Waals surface area (Å²) < 4.78 is 0. The lowest BCUT2D eigenvalue weighted by molar-refractivity contribution is -0.128. The Bertz CT molecular complexity index is 253. The largest absolute Gasteiger partial charge is 0.352 e. The van der Waals surface area contributed by atoms with Gasteiger partial charge < -0.3 is 11.1 Å². The number of carbonyl (C=O) groups excluding carboxylic acids is 1. The molecule has 1 amide bonds. The average molecular weight is 255 g/mol. The van der Waals surface area contributed by atoms with E-state index in [0.717, 1.165) is 19.4 Å². The summed E-state index contributed by atoms with van der Waals surface area (Å²) in [5.74, 6) is 0.149. The predicted molar refractivity (Wildman–Crippen MR) is 75.4 cm³/mol. The highest BCUT2D eigenvalue weighted by atomic mass is 16.2. The monoisotopic (exact) mass is 255 g/mol. The van der Waals surface area contributed by atoms with Gasteiger partial charge in [-0.2, -0.15) is 0 Å². The number of carbonyl (C=O) groups is 1. The molecule has 0 bridgehead atoms. The first kappa shape index (κ1) is 15.4. The van der Waals surface area contributed by atoms with E-state index in [9.17, 15) is 4.79 Å². The molecule has 1 aliphatic carbocycles. The van der Waals surface area contributed by atoms with Crippen molar-refractivity contribution in [3.05, 3.63) is 0 Å². The molecule has 106 valence electrons. The quantitative estimate of drug-likeness (QED) is 0.691. The minimum Gasteiger partial charge on any atom is -0.352 e. The molecule has 0 aromatic heterocycles. The van der Waals surface area contributed by atoms with Crippen LogP contribution in [0, 0.1) is 0 Å². The summed E-state index contributed by atoms with van der Waals surface area (Å²) in [6.45, 7) is 7.66. The van der Waals surface area contributed by atoms with Gasteiger partial charge in [-0.3, -0.25) is 9.69 Å². The summed E-state index contributed by atoms with van der Waals surface area (Å²) >= 11 is 0. The first-order valence-corrected chi connectivity index (χ1v) is 7.36. The maximum atomic E-state index is 12.2. The van der Waals surface area contributed by atoms with Crippen molar-refractivity contribution >= 4 is 5.91 Å². The van der Waals surface area contributed by atoms with Crippen LogP contribution in [-0.4, -0.2) is 42.0 Å². The standard InChI is InChI=1S/C14H29N3O/c1-4-6-11(2)16-14(18)12(3)17(10-9-15)13-7-5-8-13/h11-13H,4-10,15H2,1-3H3,(H,16,18). The second-order valence-corrected chi connectivity index (χ2v) is 5.49. The van der Waals surface area contributed by atoms with E-state index in [1.165, 1.54) is 19.3 Å². The number of hydrogen-bond donors (Lipinski definition) is 2. The van der Waals surface area contributed by atoms with Gasteiger partial charge in [0.1, 0.15) is 0 Å². The van der Waals surface area contributed by atoms with Crippen LogP contribution in [0.15, 0.2) is 0 Å². The van der Waals surface area contributed by atoms with Crippen LogP contribution in [0.4, 0.5) is 0 Å². The molecule has 4 heteroatoms. The van der Waals surface area contributed by atoms with Crippen molar-refractivity contribution in [2.45, 2.75) is 71.0 Å². The third-order valence-electron chi connectivity index (χ3n) is 3.92. The third-order valence-corrected chi connectivity index (χ3v) is 3.92. The lowest BCUT2D eigenvalue weighted by Crippen LogP contribution is -2.54. The molecule has 0 heterocycles. The molecule has 0 aromatic rings. The predicted octanol–water partition coefficient (Wildman–Crippen LogP) is 1.49. The molecule has 2 unspecified atom stereocenters. The Morgan fingerprint density at radius 3 is 2.56 bits per heavy atom. The molecule has 0 aromatic carbocycles. The van der Waals surface area contributed by atoms with Crippen molar-refractivity contribution in [2.24, 2.45) is 5.73 Å². The van der Waals surface area contributed by atoms with Gasteiger partial charge >= 0.3 is 0 Å². The third kappa shape index (κ3) is 4.25. The van der Waals surface area contributed by atoms with Crippen molar-refractivity contribution in [1.29, 1.82) is 0 Å². The molecule has 1 rings (SSSR count). The Labute approximate surface area is 111 Å². The van der Waals surface area contributed by atoms with Crippen LogP contribution in [-0.2, 0) is 4.79 Å². The van der Waals surface area contributed by atoms with Crippen molar-refractivity contribution in [3.63, 3.8) is 0 Å². The minimum absolute atomic E-state index is 0.0573. The Hall–Kier alpha value is -0.610. The van der Waals surface area contributed by atoms with Crippen LogP contribution in [0.5, 0.6) is 0 Å². The summed E-state index contributed by atoms with van der Waals surface area (Å²) in [5.41, 5.74) is 5.66. The number of rotatable bonds is 8. The maximum Gasteiger partial charge on any atom is 0.237 e. The van der Waals surface area contributed by atoms with Crippen molar-refractivity contribution < 1.29 is 4.79 Å². The molecular formula is C14H29N3O. The molecule has 0 aliphatic heterocycles. The molecule has 4 nitrogen and oxygen atoms in total. The topological polar surface area (TPSA) is 58.4 Å². The molecule has 0 saturated heterocycles. The fraction of sp³-hybridized carbons (Fsp3) is 0.929. The summed E-state index contributed by atoms with van der Waals surface area (Å²) in [4.78, 5) is 14.5. The maximum absolute atomic E-state index is 12.2. The van der Waals surface area contributed by atoms with E-state index in [4.69, 9.17) is 5.73 Å². The molecule has 3 N–H and O–H groups in total. The fourth-order valence-corrected chi connectivity index (χ4v) is 2.58. The first-order valence-electron chi connectivity index (χ1n) is 7.36. The van der Waals surface area contributed by atoms with Crippen molar-refractivity contribution in [1.82, 2.24) is 10.2 Å². The highest BCUT2D eigenvalue weighted by molar-refractivity contribution is 5.81. The number of amides is 1. The van der Waals surface area contributed by atoms with E-state index in [0.29, 0.717) is 12.6 Å². The molecule has 0 spiro atoms. The summed E-state index contributed by atoms with van der Waals surface area (Å²) in [5, 5.41) is 3.10. The zero-order valence-corrected chi connectivity index (χ0v) is 12.1. The number of nitrogens with one attached hydrogen (secondary N) is 1. The number of nitrogens with two attached hydrogens (primary N) is 1.